The second-order valence-electron chi connectivity index (χ2n) is 8.35. The number of carbonyl (C=O) groups is 1. The number of nitrogen functional groups attached to an aromatic ring is 1. The average Bonchev–Trinajstić information content (AvgIpc) is 3.37. The van der Waals surface area contributed by atoms with Crippen molar-refractivity contribution in [1.29, 1.82) is 0 Å². The number of nitrogens with two attached hydrogens (primary N) is 1. The minimum absolute atomic E-state index is 0.0576. The Hall–Kier alpha value is -4.18. The van der Waals surface area contributed by atoms with E-state index in [0.717, 1.165) is 49.7 Å². The summed E-state index contributed by atoms with van der Waals surface area (Å²) in [5.74, 6) is -0.195. The van der Waals surface area contributed by atoms with Crippen molar-refractivity contribution in [1.82, 2.24) is 20.1 Å². The highest BCUT2D eigenvalue weighted by Gasteiger charge is 2.30. The first-order valence-corrected chi connectivity index (χ1v) is 11.1. The first-order valence-electron chi connectivity index (χ1n) is 11.1. The molecule has 1 aromatic heterocycles. The highest BCUT2D eigenvalue weighted by Crippen LogP contribution is 2.31. The number of benzene rings is 3. The first-order chi connectivity index (χ1) is 17.2. The molecule has 1 aliphatic rings. The monoisotopic (exact) mass is 495 g/mol. The normalized spacial score (nSPS) is 13.4. The molecule has 0 saturated heterocycles. The molecule has 186 valence electrons. The summed E-state index contributed by atoms with van der Waals surface area (Å²) in [6, 6.07) is 16.8. The fourth-order valence-corrected chi connectivity index (χ4v) is 4.05. The number of carboxylic acids is 1. The largest absolute Gasteiger partial charge is 0.478 e. The van der Waals surface area contributed by atoms with Crippen molar-refractivity contribution in [3.8, 4) is 11.1 Å². The number of hydrogen-bond donors (Lipinski definition) is 3. The molecule has 2 heterocycles. The molecule has 0 unspecified atom stereocenters. The molecule has 5 rings (SSSR count). The van der Waals surface area contributed by atoms with Crippen LogP contribution in [0.5, 0.6) is 0 Å². The van der Waals surface area contributed by atoms with Gasteiger partial charge in [0.2, 0.25) is 0 Å². The molecule has 0 bridgehead atoms. The van der Waals surface area contributed by atoms with Crippen LogP contribution in [-0.4, -0.2) is 37.7 Å². The molecule has 0 saturated carbocycles. The van der Waals surface area contributed by atoms with Gasteiger partial charge in [-0.05, 0) is 59.0 Å². The van der Waals surface area contributed by atoms with E-state index < -0.39 is 17.7 Å². The molecule has 7 nitrogen and oxygen atoms in total. The van der Waals surface area contributed by atoms with Crippen LogP contribution in [0.15, 0.2) is 73.1 Å². The number of aromatic amines is 1. The Morgan fingerprint density at radius 1 is 1.06 bits per heavy atom. The lowest BCUT2D eigenvalue weighted by atomic mass is 9.99. The van der Waals surface area contributed by atoms with Crippen molar-refractivity contribution in [2.24, 2.45) is 0 Å². The van der Waals surface area contributed by atoms with Crippen molar-refractivity contribution < 1.29 is 23.1 Å². The van der Waals surface area contributed by atoms with Crippen LogP contribution in [-0.2, 0) is 25.7 Å². The molecule has 36 heavy (non-hydrogen) atoms. The van der Waals surface area contributed by atoms with Gasteiger partial charge in [0.1, 0.15) is 12.2 Å². The molecule has 0 amide bonds. The van der Waals surface area contributed by atoms with E-state index in [0.29, 0.717) is 11.1 Å². The summed E-state index contributed by atoms with van der Waals surface area (Å²) in [6.45, 7) is 2.82. The minimum Gasteiger partial charge on any atom is -0.478 e. The number of rotatable bonds is 4. The van der Waals surface area contributed by atoms with Gasteiger partial charge in [0.25, 0.3) is 0 Å². The number of H-pyrrole nitrogens is 1. The van der Waals surface area contributed by atoms with E-state index in [1.165, 1.54) is 29.3 Å². The van der Waals surface area contributed by atoms with E-state index in [9.17, 15) is 18.0 Å². The topological polar surface area (TPSA) is 108 Å². The quantitative estimate of drug-likeness (QED) is 0.343. The highest BCUT2D eigenvalue weighted by atomic mass is 19.4. The second-order valence-corrected chi connectivity index (χ2v) is 8.35. The standard InChI is InChI=1S/C14H9F3O2.C12H15N5/c15-14(16,17)10-7-5-9(6-8-10)11-3-1-2-4-12(11)13(18)19;13-11-2-1-10-6-17(4-3-9(10)5-11)7-12-14-8-15-16-12/h1-8H,(H,18,19);1-2,5,8H,3-4,6-7,13H2,(H,14,15,16). The minimum atomic E-state index is -4.40. The summed E-state index contributed by atoms with van der Waals surface area (Å²) in [5, 5.41) is 15.8. The van der Waals surface area contributed by atoms with Gasteiger partial charge in [-0.1, -0.05) is 36.4 Å². The van der Waals surface area contributed by atoms with E-state index in [-0.39, 0.29) is 5.56 Å². The van der Waals surface area contributed by atoms with Gasteiger partial charge in [0.05, 0.1) is 17.7 Å². The Labute approximate surface area is 205 Å². The number of nitrogens with zero attached hydrogens (tertiary/aromatic N) is 3. The summed E-state index contributed by atoms with van der Waals surface area (Å²) < 4.78 is 37.3. The zero-order chi connectivity index (χ0) is 25.7. The Morgan fingerprint density at radius 2 is 1.81 bits per heavy atom. The van der Waals surface area contributed by atoms with Gasteiger partial charge < -0.3 is 10.8 Å². The Bertz CT molecular complexity index is 1320. The average molecular weight is 496 g/mol. The fraction of sp³-hybridized carbons (Fsp3) is 0.192. The van der Waals surface area contributed by atoms with E-state index in [4.69, 9.17) is 10.8 Å². The third kappa shape index (κ3) is 6.08. The number of nitrogens with one attached hydrogen (secondary N) is 1. The zero-order valence-corrected chi connectivity index (χ0v) is 19.2. The molecule has 0 aliphatic carbocycles. The zero-order valence-electron chi connectivity index (χ0n) is 19.2. The number of alkyl halides is 3. The third-order valence-corrected chi connectivity index (χ3v) is 5.84. The molecule has 1 aliphatic heterocycles. The molecular formula is C26H24F3N5O2. The van der Waals surface area contributed by atoms with Crippen LogP contribution < -0.4 is 5.73 Å². The molecule has 0 spiro atoms. The number of fused-ring (bicyclic) bond motifs is 1. The number of hydrogen-bond acceptors (Lipinski definition) is 5. The van der Waals surface area contributed by atoms with Crippen LogP contribution in [0.1, 0.15) is 32.9 Å². The number of aromatic nitrogens is 3. The van der Waals surface area contributed by atoms with Gasteiger partial charge in [0.15, 0.2) is 0 Å². The van der Waals surface area contributed by atoms with E-state index in [1.807, 2.05) is 6.07 Å². The molecule has 0 atom stereocenters. The molecule has 4 N–H and O–H groups in total. The molecular weight excluding hydrogens is 471 g/mol. The lowest BCUT2D eigenvalue weighted by Crippen LogP contribution is -2.30. The van der Waals surface area contributed by atoms with Gasteiger partial charge >= 0.3 is 12.1 Å². The van der Waals surface area contributed by atoms with Gasteiger partial charge in [-0.2, -0.15) is 18.3 Å². The van der Waals surface area contributed by atoms with Crippen LogP contribution in [0.3, 0.4) is 0 Å². The van der Waals surface area contributed by atoms with Crippen molar-refractivity contribution in [3.05, 3.63) is 101 Å². The summed E-state index contributed by atoms with van der Waals surface area (Å²) in [7, 11) is 0. The van der Waals surface area contributed by atoms with Crippen molar-refractivity contribution in [3.63, 3.8) is 0 Å². The van der Waals surface area contributed by atoms with Gasteiger partial charge in [-0.15, -0.1) is 0 Å². The van der Waals surface area contributed by atoms with Crippen molar-refractivity contribution >= 4 is 11.7 Å². The smallest absolute Gasteiger partial charge is 0.416 e. The Morgan fingerprint density at radius 3 is 2.47 bits per heavy atom. The lowest BCUT2D eigenvalue weighted by Gasteiger charge is -2.28. The Kier molecular flexibility index (Phi) is 7.35. The summed E-state index contributed by atoms with van der Waals surface area (Å²) >= 11 is 0. The fourth-order valence-electron chi connectivity index (χ4n) is 4.05. The van der Waals surface area contributed by atoms with Crippen LogP contribution in [0.25, 0.3) is 11.1 Å². The second kappa shape index (κ2) is 10.6. The van der Waals surface area contributed by atoms with Gasteiger partial charge in [-0.3, -0.25) is 10.00 Å². The highest BCUT2D eigenvalue weighted by molar-refractivity contribution is 5.95. The summed E-state index contributed by atoms with van der Waals surface area (Å²) in [5.41, 5.74) is 9.51. The number of carboxylic acid groups (broad SMARTS) is 1. The van der Waals surface area contributed by atoms with Crippen molar-refractivity contribution in [2.75, 3.05) is 12.3 Å². The van der Waals surface area contributed by atoms with E-state index in [1.54, 1.807) is 24.5 Å². The van der Waals surface area contributed by atoms with Crippen LogP contribution in [0.4, 0.5) is 18.9 Å². The molecule has 0 radical (unpaired) electrons. The van der Waals surface area contributed by atoms with Crippen LogP contribution >= 0.6 is 0 Å². The SMILES string of the molecule is Nc1ccc2c(c1)CCN(Cc1ncn[nH]1)C2.O=C(O)c1ccccc1-c1ccc(C(F)(F)F)cc1. The van der Waals surface area contributed by atoms with Crippen LogP contribution in [0.2, 0.25) is 0 Å². The number of aromatic carboxylic acids is 1. The summed E-state index contributed by atoms with van der Waals surface area (Å²) in [6.07, 6.45) is -1.80. The maximum absolute atomic E-state index is 12.4. The third-order valence-electron chi connectivity index (χ3n) is 5.84. The Balaban J connectivity index is 0.000000170. The van der Waals surface area contributed by atoms with Gasteiger partial charge in [-0.25, -0.2) is 9.78 Å². The van der Waals surface area contributed by atoms with E-state index in [2.05, 4.69) is 32.2 Å². The van der Waals surface area contributed by atoms with Crippen molar-refractivity contribution in [2.45, 2.75) is 25.7 Å². The molecule has 0 fully saturated rings. The predicted octanol–water partition coefficient (Wildman–Crippen LogP) is 5.02. The maximum atomic E-state index is 12.4. The molecule has 10 heteroatoms. The van der Waals surface area contributed by atoms with Crippen LogP contribution in [0, 0.1) is 0 Å². The number of halogens is 3. The molecule has 4 aromatic rings. The first kappa shape index (κ1) is 24.9. The maximum Gasteiger partial charge on any atom is 0.416 e. The van der Waals surface area contributed by atoms with E-state index >= 15 is 0 Å². The predicted molar refractivity (Wildman–Crippen MR) is 129 cm³/mol. The van der Waals surface area contributed by atoms with Gasteiger partial charge in [0, 0.05) is 18.8 Å². The number of anilines is 1. The molecule has 3 aromatic carbocycles. The lowest BCUT2D eigenvalue weighted by molar-refractivity contribution is -0.137. The summed E-state index contributed by atoms with van der Waals surface area (Å²) in [4.78, 5) is 17.6.